The van der Waals surface area contributed by atoms with Crippen LogP contribution in [0.5, 0.6) is 5.75 Å². The monoisotopic (exact) mass is 474 g/mol. The minimum atomic E-state index is -0.573. The number of nitrogens with zero attached hydrogens (tertiary/aromatic N) is 1. The first kappa shape index (κ1) is 23.9. The second kappa shape index (κ2) is 11.7. The van der Waals surface area contributed by atoms with Gasteiger partial charge in [-0.1, -0.05) is 50.2 Å². The number of hydrogen-bond acceptors (Lipinski definition) is 3. The molecule has 6 heteroatoms. The number of halogens is 1. The van der Waals surface area contributed by atoms with Crippen molar-refractivity contribution in [2.24, 2.45) is 0 Å². The number of carbonyl (C=O) groups excluding carboxylic acids is 2. The molecular formula is C24H31BrN2O3. The predicted octanol–water partition coefficient (Wildman–Crippen LogP) is 4.55. The van der Waals surface area contributed by atoms with Gasteiger partial charge in [-0.15, -0.1) is 0 Å². The van der Waals surface area contributed by atoms with E-state index in [0.29, 0.717) is 31.2 Å². The summed E-state index contributed by atoms with van der Waals surface area (Å²) in [6.45, 7) is 8.70. The SMILES string of the molecule is CCNC(=O)C(C)N(CCc1ccccc1)C(=O)COc1ccc(C(C)C)cc1Br. The first-order valence-corrected chi connectivity index (χ1v) is 11.2. The van der Waals surface area contributed by atoms with Gasteiger partial charge in [0.2, 0.25) is 5.91 Å². The summed E-state index contributed by atoms with van der Waals surface area (Å²) in [5.74, 6) is 0.635. The molecule has 2 aromatic carbocycles. The zero-order valence-electron chi connectivity index (χ0n) is 18.2. The fourth-order valence-corrected chi connectivity index (χ4v) is 3.62. The normalized spacial score (nSPS) is 11.8. The Labute approximate surface area is 187 Å². The maximum atomic E-state index is 13.0. The molecule has 1 N–H and O–H groups in total. The lowest BCUT2D eigenvalue weighted by Gasteiger charge is -2.28. The summed E-state index contributed by atoms with van der Waals surface area (Å²) in [6, 6.07) is 15.2. The molecule has 2 aromatic rings. The van der Waals surface area contributed by atoms with E-state index in [1.165, 1.54) is 5.56 Å². The summed E-state index contributed by atoms with van der Waals surface area (Å²) in [5, 5.41) is 2.80. The van der Waals surface area contributed by atoms with Crippen LogP contribution in [-0.2, 0) is 16.0 Å². The molecule has 0 fully saturated rings. The second-order valence-corrected chi connectivity index (χ2v) is 8.38. The van der Waals surface area contributed by atoms with Crippen LogP contribution >= 0.6 is 15.9 Å². The van der Waals surface area contributed by atoms with Gasteiger partial charge in [-0.05, 0) is 65.4 Å². The summed E-state index contributed by atoms with van der Waals surface area (Å²) in [6.07, 6.45) is 0.670. The lowest BCUT2D eigenvalue weighted by Crippen LogP contribution is -2.50. The standard InChI is InChI=1S/C24H31BrN2O3/c1-5-26-24(29)18(4)27(14-13-19-9-7-6-8-10-19)23(28)16-30-22-12-11-20(17(2)3)15-21(22)25/h6-12,15,17-18H,5,13-14,16H2,1-4H3,(H,26,29). The molecular weight excluding hydrogens is 444 g/mol. The number of amides is 2. The number of nitrogens with one attached hydrogen (secondary N) is 1. The number of ether oxygens (including phenoxy) is 1. The van der Waals surface area contributed by atoms with Gasteiger partial charge in [-0.2, -0.15) is 0 Å². The molecule has 5 nitrogen and oxygen atoms in total. The van der Waals surface area contributed by atoms with Crippen molar-refractivity contribution in [2.75, 3.05) is 19.7 Å². The molecule has 0 saturated heterocycles. The van der Waals surface area contributed by atoms with Crippen LogP contribution < -0.4 is 10.1 Å². The van der Waals surface area contributed by atoms with Gasteiger partial charge in [0.15, 0.2) is 6.61 Å². The lowest BCUT2D eigenvalue weighted by molar-refractivity contribution is -0.141. The quantitative estimate of drug-likeness (QED) is 0.549. The first-order chi connectivity index (χ1) is 14.3. The molecule has 0 aliphatic rings. The number of likely N-dealkylation sites (N-methyl/N-ethyl adjacent to an activating group) is 1. The summed E-state index contributed by atoms with van der Waals surface area (Å²) < 4.78 is 6.60. The topological polar surface area (TPSA) is 58.6 Å². The summed E-state index contributed by atoms with van der Waals surface area (Å²) in [4.78, 5) is 26.9. The van der Waals surface area contributed by atoms with Crippen molar-refractivity contribution in [3.8, 4) is 5.75 Å². The summed E-state index contributed by atoms with van der Waals surface area (Å²) in [7, 11) is 0. The van der Waals surface area contributed by atoms with Crippen LogP contribution in [0, 0.1) is 0 Å². The molecule has 1 unspecified atom stereocenters. The van der Waals surface area contributed by atoms with Gasteiger partial charge in [-0.3, -0.25) is 9.59 Å². The number of rotatable bonds is 10. The molecule has 1 atom stereocenters. The predicted molar refractivity (Wildman–Crippen MR) is 124 cm³/mol. The van der Waals surface area contributed by atoms with Crippen LogP contribution in [0.3, 0.4) is 0 Å². The molecule has 0 heterocycles. The minimum absolute atomic E-state index is 0.127. The highest BCUT2D eigenvalue weighted by molar-refractivity contribution is 9.10. The van der Waals surface area contributed by atoms with Gasteiger partial charge >= 0.3 is 0 Å². The lowest BCUT2D eigenvalue weighted by atomic mass is 10.0. The van der Waals surface area contributed by atoms with Crippen molar-refractivity contribution >= 4 is 27.7 Å². The highest BCUT2D eigenvalue weighted by Crippen LogP contribution is 2.29. The Morgan fingerprint density at radius 3 is 2.40 bits per heavy atom. The molecule has 162 valence electrons. The molecule has 0 aliphatic heterocycles. The van der Waals surface area contributed by atoms with Crippen LogP contribution in [0.15, 0.2) is 53.0 Å². The van der Waals surface area contributed by atoms with E-state index in [2.05, 4.69) is 35.1 Å². The van der Waals surface area contributed by atoms with Crippen molar-refractivity contribution in [3.63, 3.8) is 0 Å². The fourth-order valence-electron chi connectivity index (χ4n) is 3.11. The first-order valence-electron chi connectivity index (χ1n) is 10.4. The molecule has 0 spiro atoms. The molecule has 0 aliphatic carbocycles. The van der Waals surface area contributed by atoms with Crippen molar-refractivity contribution in [1.29, 1.82) is 0 Å². The highest BCUT2D eigenvalue weighted by atomic mass is 79.9. The van der Waals surface area contributed by atoms with E-state index < -0.39 is 6.04 Å². The van der Waals surface area contributed by atoms with Gasteiger partial charge in [0, 0.05) is 13.1 Å². The zero-order chi connectivity index (χ0) is 22.1. The van der Waals surface area contributed by atoms with Gasteiger partial charge in [0.1, 0.15) is 11.8 Å². The van der Waals surface area contributed by atoms with E-state index in [0.717, 1.165) is 10.0 Å². The van der Waals surface area contributed by atoms with Crippen LogP contribution in [-0.4, -0.2) is 42.5 Å². The second-order valence-electron chi connectivity index (χ2n) is 7.53. The summed E-state index contributed by atoms with van der Waals surface area (Å²) in [5.41, 5.74) is 2.31. The maximum Gasteiger partial charge on any atom is 0.261 e. The summed E-state index contributed by atoms with van der Waals surface area (Å²) >= 11 is 3.52. The van der Waals surface area contributed by atoms with Crippen molar-refractivity contribution in [3.05, 3.63) is 64.1 Å². The number of carbonyl (C=O) groups is 2. The maximum absolute atomic E-state index is 13.0. The fraction of sp³-hybridized carbons (Fsp3) is 0.417. The molecule has 0 bridgehead atoms. The Morgan fingerprint density at radius 2 is 1.80 bits per heavy atom. The van der Waals surface area contributed by atoms with Gasteiger partial charge < -0.3 is 15.0 Å². The van der Waals surface area contributed by atoms with E-state index in [1.807, 2.05) is 55.5 Å². The largest absolute Gasteiger partial charge is 0.483 e. The van der Waals surface area contributed by atoms with E-state index in [4.69, 9.17) is 4.74 Å². The van der Waals surface area contributed by atoms with Crippen LogP contribution in [0.1, 0.15) is 44.7 Å². The molecule has 0 aromatic heterocycles. The average molecular weight is 475 g/mol. The molecule has 2 amide bonds. The van der Waals surface area contributed by atoms with Crippen LogP contribution in [0.25, 0.3) is 0 Å². The van der Waals surface area contributed by atoms with Gasteiger partial charge in [-0.25, -0.2) is 0 Å². The zero-order valence-corrected chi connectivity index (χ0v) is 19.7. The van der Waals surface area contributed by atoms with Crippen LogP contribution in [0.4, 0.5) is 0 Å². The third kappa shape index (κ3) is 6.87. The Kier molecular flexibility index (Phi) is 9.37. The van der Waals surface area contributed by atoms with Crippen molar-refractivity contribution in [1.82, 2.24) is 10.2 Å². The van der Waals surface area contributed by atoms with Crippen molar-refractivity contribution in [2.45, 2.75) is 46.1 Å². The third-order valence-electron chi connectivity index (χ3n) is 4.98. The van der Waals surface area contributed by atoms with Crippen LogP contribution in [0.2, 0.25) is 0 Å². The Balaban J connectivity index is 2.08. The van der Waals surface area contributed by atoms with Crippen molar-refractivity contribution < 1.29 is 14.3 Å². The average Bonchev–Trinajstić information content (AvgIpc) is 2.73. The molecule has 0 radical (unpaired) electrons. The number of benzene rings is 2. The van der Waals surface area contributed by atoms with E-state index in [9.17, 15) is 9.59 Å². The smallest absolute Gasteiger partial charge is 0.261 e. The third-order valence-corrected chi connectivity index (χ3v) is 5.60. The van der Waals surface area contributed by atoms with Gasteiger partial charge in [0.25, 0.3) is 5.91 Å². The van der Waals surface area contributed by atoms with E-state index >= 15 is 0 Å². The van der Waals surface area contributed by atoms with E-state index in [1.54, 1.807) is 11.8 Å². The molecule has 30 heavy (non-hydrogen) atoms. The number of hydrogen-bond donors (Lipinski definition) is 1. The Bertz CT molecular complexity index is 840. The van der Waals surface area contributed by atoms with Gasteiger partial charge in [0.05, 0.1) is 4.47 Å². The van der Waals surface area contributed by atoms with E-state index in [-0.39, 0.29) is 18.4 Å². The Hall–Kier alpha value is -2.34. The minimum Gasteiger partial charge on any atom is -0.483 e. The highest BCUT2D eigenvalue weighted by Gasteiger charge is 2.26. The Morgan fingerprint density at radius 1 is 1.10 bits per heavy atom. The molecule has 0 saturated carbocycles. The molecule has 2 rings (SSSR count).